The molecule has 0 aromatic heterocycles. The van der Waals surface area contributed by atoms with E-state index in [-0.39, 0.29) is 18.6 Å². The molecule has 0 radical (unpaired) electrons. The topological polar surface area (TPSA) is 84.9 Å². The highest BCUT2D eigenvalue weighted by atomic mass is 16.6. The highest BCUT2D eigenvalue weighted by molar-refractivity contribution is 5.89. The maximum atomic E-state index is 13.2. The van der Waals surface area contributed by atoms with E-state index >= 15 is 0 Å². The van der Waals surface area contributed by atoms with E-state index in [4.69, 9.17) is 9.47 Å². The van der Waals surface area contributed by atoms with Crippen LogP contribution in [0.15, 0.2) is 30.3 Å². The molecule has 2 saturated carbocycles. The average molecular weight is 431 g/mol. The zero-order chi connectivity index (χ0) is 22.2. The molecule has 1 aromatic carbocycles. The van der Waals surface area contributed by atoms with Crippen LogP contribution in [-0.2, 0) is 25.7 Å². The van der Waals surface area contributed by atoms with Crippen LogP contribution in [0.4, 0.5) is 4.79 Å². The number of hydrogen-bond donors (Lipinski definition) is 1. The molecular weight excluding hydrogens is 396 g/mol. The quantitative estimate of drug-likeness (QED) is 0.602. The first-order valence-corrected chi connectivity index (χ1v) is 11.4. The SMILES string of the molecule is COC(=O)[C@H](C)NC(=O)[C@H](CC1CCCCC1)N(C(=O)OCc1ccccc1)C1CC1. The van der Waals surface area contributed by atoms with E-state index in [2.05, 4.69) is 5.32 Å². The van der Waals surface area contributed by atoms with Gasteiger partial charge in [-0.3, -0.25) is 9.69 Å². The van der Waals surface area contributed by atoms with Crippen LogP contribution in [0.3, 0.4) is 0 Å². The van der Waals surface area contributed by atoms with Crippen molar-refractivity contribution in [3.63, 3.8) is 0 Å². The average Bonchev–Trinajstić information content (AvgIpc) is 3.63. The highest BCUT2D eigenvalue weighted by Gasteiger charge is 2.43. The largest absolute Gasteiger partial charge is 0.467 e. The lowest BCUT2D eigenvalue weighted by Crippen LogP contribution is -2.54. The normalized spacial score (nSPS) is 18.5. The predicted molar refractivity (Wildman–Crippen MR) is 116 cm³/mol. The van der Waals surface area contributed by atoms with Crippen molar-refractivity contribution in [2.75, 3.05) is 7.11 Å². The molecule has 0 heterocycles. The van der Waals surface area contributed by atoms with Gasteiger partial charge in [-0.1, -0.05) is 62.4 Å². The number of esters is 1. The van der Waals surface area contributed by atoms with Gasteiger partial charge in [0, 0.05) is 6.04 Å². The van der Waals surface area contributed by atoms with Crippen molar-refractivity contribution >= 4 is 18.0 Å². The molecule has 1 aromatic rings. The Kier molecular flexibility index (Phi) is 8.32. The number of carbonyl (C=O) groups excluding carboxylic acids is 3. The lowest BCUT2D eigenvalue weighted by atomic mass is 9.84. The third-order valence-electron chi connectivity index (χ3n) is 6.19. The molecule has 2 aliphatic carbocycles. The Balaban J connectivity index is 1.73. The molecule has 0 aliphatic heterocycles. The van der Waals surface area contributed by atoms with E-state index in [1.165, 1.54) is 13.5 Å². The van der Waals surface area contributed by atoms with Crippen LogP contribution >= 0.6 is 0 Å². The molecule has 0 bridgehead atoms. The van der Waals surface area contributed by atoms with Crippen molar-refractivity contribution < 1.29 is 23.9 Å². The van der Waals surface area contributed by atoms with Crippen molar-refractivity contribution in [1.29, 1.82) is 0 Å². The number of benzene rings is 1. The molecule has 31 heavy (non-hydrogen) atoms. The molecule has 1 N–H and O–H groups in total. The smallest absolute Gasteiger partial charge is 0.411 e. The summed E-state index contributed by atoms with van der Waals surface area (Å²) in [7, 11) is 1.29. The van der Waals surface area contributed by atoms with Gasteiger partial charge in [0.2, 0.25) is 5.91 Å². The van der Waals surface area contributed by atoms with Gasteiger partial charge in [0.15, 0.2) is 0 Å². The van der Waals surface area contributed by atoms with Crippen LogP contribution in [0, 0.1) is 5.92 Å². The summed E-state index contributed by atoms with van der Waals surface area (Å²) in [5.41, 5.74) is 0.902. The van der Waals surface area contributed by atoms with E-state index in [1.807, 2.05) is 30.3 Å². The second-order valence-electron chi connectivity index (χ2n) is 8.69. The Morgan fingerprint density at radius 1 is 1.06 bits per heavy atom. The van der Waals surface area contributed by atoms with Crippen LogP contribution in [0.25, 0.3) is 0 Å². The lowest BCUT2D eigenvalue weighted by Gasteiger charge is -2.34. The van der Waals surface area contributed by atoms with Crippen molar-refractivity contribution in [2.45, 2.75) is 83.0 Å². The summed E-state index contributed by atoms with van der Waals surface area (Å²) >= 11 is 0. The Morgan fingerprint density at radius 2 is 1.74 bits per heavy atom. The number of nitrogens with one attached hydrogen (secondary N) is 1. The van der Waals surface area contributed by atoms with E-state index in [0.717, 1.165) is 44.1 Å². The summed E-state index contributed by atoms with van der Waals surface area (Å²) in [6.07, 6.45) is 7.51. The predicted octanol–water partition coefficient (Wildman–Crippen LogP) is 3.80. The minimum atomic E-state index is -0.771. The van der Waals surface area contributed by atoms with Crippen LogP contribution in [0.1, 0.15) is 63.9 Å². The second-order valence-corrected chi connectivity index (χ2v) is 8.69. The maximum Gasteiger partial charge on any atom is 0.411 e. The molecule has 170 valence electrons. The van der Waals surface area contributed by atoms with Crippen LogP contribution in [0.5, 0.6) is 0 Å². The first kappa shape index (κ1) is 23.1. The summed E-state index contributed by atoms with van der Waals surface area (Å²) in [4.78, 5) is 39.8. The van der Waals surface area contributed by atoms with Crippen molar-refractivity contribution in [1.82, 2.24) is 10.2 Å². The van der Waals surface area contributed by atoms with Gasteiger partial charge >= 0.3 is 12.1 Å². The zero-order valence-corrected chi connectivity index (χ0v) is 18.5. The first-order valence-electron chi connectivity index (χ1n) is 11.4. The Bertz CT molecular complexity index is 744. The number of amides is 2. The molecule has 7 nitrogen and oxygen atoms in total. The minimum Gasteiger partial charge on any atom is -0.467 e. The number of methoxy groups -OCH3 is 1. The van der Waals surface area contributed by atoms with Crippen LogP contribution in [-0.4, -0.2) is 48.1 Å². The van der Waals surface area contributed by atoms with E-state index < -0.39 is 24.1 Å². The standard InChI is InChI=1S/C24H34N2O5/c1-17(23(28)30-2)25-22(27)21(15-18-9-5-3-6-10-18)26(20-13-14-20)24(29)31-16-19-11-7-4-8-12-19/h4,7-8,11-12,17-18,20-21H,3,5-6,9-10,13-16H2,1-2H3,(H,25,27)/t17-,21-/m0/s1. The van der Waals surface area contributed by atoms with Crippen LogP contribution < -0.4 is 5.32 Å². The molecule has 0 spiro atoms. The number of rotatable bonds is 9. The number of ether oxygens (including phenoxy) is 2. The van der Waals surface area contributed by atoms with Gasteiger partial charge in [-0.2, -0.15) is 0 Å². The Labute approximate surface area is 184 Å². The molecule has 2 atom stereocenters. The summed E-state index contributed by atoms with van der Waals surface area (Å²) in [5.74, 6) is -0.428. The summed E-state index contributed by atoms with van der Waals surface area (Å²) in [6, 6.07) is 8.10. The first-order chi connectivity index (χ1) is 15.0. The molecule has 2 aliphatic rings. The Hall–Kier alpha value is -2.57. The molecule has 3 rings (SSSR count). The van der Waals surface area contributed by atoms with Gasteiger partial charge in [0.1, 0.15) is 18.7 Å². The fourth-order valence-corrected chi connectivity index (χ4v) is 4.31. The van der Waals surface area contributed by atoms with Gasteiger partial charge in [0.05, 0.1) is 7.11 Å². The third-order valence-corrected chi connectivity index (χ3v) is 6.19. The lowest BCUT2D eigenvalue weighted by molar-refractivity contribution is -0.145. The van der Waals surface area contributed by atoms with Gasteiger partial charge in [-0.15, -0.1) is 0 Å². The van der Waals surface area contributed by atoms with Crippen molar-refractivity contribution in [2.24, 2.45) is 5.92 Å². The highest BCUT2D eigenvalue weighted by Crippen LogP contribution is 2.34. The van der Waals surface area contributed by atoms with E-state index in [0.29, 0.717) is 12.3 Å². The minimum absolute atomic E-state index is 0.0102. The summed E-state index contributed by atoms with van der Waals surface area (Å²) < 4.78 is 10.3. The third kappa shape index (κ3) is 6.71. The van der Waals surface area contributed by atoms with Gasteiger partial charge in [-0.05, 0) is 37.7 Å². The van der Waals surface area contributed by atoms with Gasteiger partial charge in [-0.25, -0.2) is 9.59 Å². The molecule has 0 unspecified atom stereocenters. The van der Waals surface area contributed by atoms with Gasteiger partial charge in [0.25, 0.3) is 0 Å². The van der Waals surface area contributed by atoms with Crippen molar-refractivity contribution in [3.05, 3.63) is 35.9 Å². The van der Waals surface area contributed by atoms with E-state index in [1.54, 1.807) is 11.8 Å². The molecule has 0 saturated heterocycles. The fraction of sp³-hybridized carbons (Fsp3) is 0.625. The maximum absolute atomic E-state index is 13.2. The second kappa shape index (κ2) is 11.2. The Morgan fingerprint density at radius 3 is 2.35 bits per heavy atom. The molecule has 2 amide bonds. The van der Waals surface area contributed by atoms with E-state index in [9.17, 15) is 14.4 Å². The molecule has 7 heteroatoms. The molecular formula is C24H34N2O5. The number of carbonyl (C=O) groups is 3. The van der Waals surface area contributed by atoms with Crippen LogP contribution in [0.2, 0.25) is 0 Å². The fourth-order valence-electron chi connectivity index (χ4n) is 4.31. The monoisotopic (exact) mass is 430 g/mol. The van der Waals surface area contributed by atoms with Gasteiger partial charge < -0.3 is 14.8 Å². The van der Waals surface area contributed by atoms with Crippen molar-refractivity contribution in [3.8, 4) is 0 Å². The summed E-state index contributed by atoms with van der Waals surface area (Å²) in [6.45, 7) is 1.76. The summed E-state index contributed by atoms with van der Waals surface area (Å²) in [5, 5.41) is 2.75. The zero-order valence-electron chi connectivity index (χ0n) is 18.5. The molecule has 2 fully saturated rings. The number of hydrogen-bond acceptors (Lipinski definition) is 5. The number of nitrogens with zero attached hydrogens (tertiary/aromatic N) is 1.